The van der Waals surface area contributed by atoms with Crippen LogP contribution in [0.2, 0.25) is 5.02 Å². The van der Waals surface area contributed by atoms with Gasteiger partial charge in [0.25, 0.3) is 0 Å². The van der Waals surface area contributed by atoms with Gasteiger partial charge in [-0.2, -0.15) is 0 Å². The quantitative estimate of drug-likeness (QED) is 0.851. The molecule has 90 valence electrons. The van der Waals surface area contributed by atoms with Crippen molar-refractivity contribution in [2.45, 2.75) is 19.4 Å². The van der Waals surface area contributed by atoms with Gasteiger partial charge in [0.2, 0.25) is 0 Å². The monoisotopic (exact) mass is 263 g/mol. The number of carbonyl (C=O) groups is 1. The Labute approximate surface area is 106 Å². The minimum Gasteiger partial charge on any atom is -0.468 e. The van der Waals surface area contributed by atoms with Crippen LogP contribution in [-0.4, -0.2) is 19.1 Å². The lowest BCUT2D eigenvalue weighted by atomic mass is 10.1. The number of nitrogens with two attached hydrogens (primary N) is 1. The minimum absolute atomic E-state index is 0. The smallest absolute Gasteiger partial charge is 0.322 e. The molecule has 0 aromatic heterocycles. The van der Waals surface area contributed by atoms with Gasteiger partial charge in [-0.25, -0.2) is 0 Å². The first kappa shape index (κ1) is 15.2. The normalized spacial score (nSPS) is 11.5. The van der Waals surface area contributed by atoms with E-state index in [2.05, 4.69) is 4.74 Å². The molecule has 1 atom stereocenters. The van der Waals surface area contributed by atoms with Crippen molar-refractivity contribution in [3.05, 3.63) is 34.3 Å². The first-order chi connectivity index (χ1) is 7.04. The van der Waals surface area contributed by atoms with Gasteiger partial charge in [0, 0.05) is 5.02 Å². The molecule has 16 heavy (non-hydrogen) atoms. The number of aryl methyl sites for hydroxylation is 1. The molecule has 0 aliphatic heterocycles. The van der Waals surface area contributed by atoms with E-state index in [1.165, 1.54) is 7.11 Å². The number of rotatable bonds is 3. The van der Waals surface area contributed by atoms with Crippen LogP contribution in [0.1, 0.15) is 11.1 Å². The van der Waals surface area contributed by atoms with Crippen LogP contribution in [0.5, 0.6) is 0 Å². The molecule has 3 nitrogen and oxygen atoms in total. The summed E-state index contributed by atoms with van der Waals surface area (Å²) in [6, 6.07) is 5.00. The van der Waals surface area contributed by atoms with E-state index >= 15 is 0 Å². The number of methoxy groups -OCH3 is 1. The van der Waals surface area contributed by atoms with Crippen molar-refractivity contribution >= 4 is 30.0 Å². The maximum absolute atomic E-state index is 11.1. The molecule has 2 N–H and O–H groups in total. The largest absolute Gasteiger partial charge is 0.468 e. The summed E-state index contributed by atoms with van der Waals surface area (Å²) in [5, 5.41) is 0.634. The van der Waals surface area contributed by atoms with E-state index in [0.29, 0.717) is 11.4 Å². The van der Waals surface area contributed by atoms with Crippen LogP contribution in [0.25, 0.3) is 0 Å². The molecule has 1 rings (SSSR count). The topological polar surface area (TPSA) is 52.3 Å². The molecular weight excluding hydrogens is 249 g/mol. The second kappa shape index (κ2) is 6.74. The highest BCUT2D eigenvalue weighted by molar-refractivity contribution is 6.31. The molecule has 0 radical (unpaired) electrons. The third-order valence-electron chi connectivity index (χ3n) is 2.15. The van der Waals surface area contributed by atoms with E-state index in [0.717, 1.165) is 11.1 Å². The second-order valence-electron chi connectivity index (χ2n) is 3.43. The Hall–Kier alpha value is -0.770. The lowest BCUT2D eigenvalue weighted by Crippen LogP contribution is -2.33. The van der Waals surface area contributed by atoms with Gasteiger partial charge in [0.15, 0.2) is 0 Å². The lowest BCUT2D eigenvalue weighted by molar-refractivity contribution is -0.142. The van der Waals surface area contributed by atoms with E-state index in [-0.39, 0.29) is 12.4 Å². The fourth-order valence-electron chi connectivity index (χ4n) is 1.29. The number of esters is 1. The molecule has 0 bridgehead atoms. The van der Waals surface area contributed by atoms with Crippen LogP contribution < -0.4 is 5.73 Å². The summed E-state index contributed by atoms with van der Waals surface area (Å²) in [7, 11) is 1.32. The summed E-state index contributed by atoms with van der Waals surface area (Å²) >= 11 is 6.01. The highest BCUT2D eigenvalue weighted by Gasteiger charge is 2.15. The zero-order chi connectivity index (χ0) is 11.4. The molecule has 0 fully saturated rings. The van der Waals surface area contributed by atoms with Gasteiger partial charge < -0.3 is 10.5 Å². The molecular formula is C11H15Cl2NO2. The highest BCUT2D eigenvalue weighted by atomic mass is 35.5. The lowest BCUT2D eigenvalue weighted by Gasteiger charge is -2.10. The van der Waals surface area contributed by atoms with Crippen LogP contribution in [0.4, 0.5) is 0 Å². The van der Waals surface area contributed by atoms with Gasteiger partial charge >= 0.3 is 5.97 Å². The van der Waals surface area contributed by atoms with Crippen molar-refractivity contribution < 1.29 is 9.53 Å². The number of hydrogen-bond acceptors (Lipinski definition) is 3. The SMILES string of the molecule is COC(=O)[C@@H](N)Cc1ccc(C)cc1Cl.Cl. The number of benzene rings is 1. The number of halogens is 2. The standard InChI is InChI=1S/C11H14ClNO2.ClH/c1-7-3-4-8(9(12)5-7)6-10(13)11(14)15-2;/h3-5,10H,6,13H2,1-2H3;1H/t10-;/m0./s1. The van der Waals surface area contributed by atoms with Crippen LogP contribution in [0.3, 0.4) is 0 Å². The zero-order valence-corrected chi connectivity index (χ0v) is 10.8. The van der Waals surface area contributed by atoms with Gasteiger partial charge in [0.05, 0.1) is 7.11 Å². The number of carbonyl (C=O) groups excluding carboxylic acids is 1. The van der Waals surface area contributed by atoms with E-state index < -0.39 is 12.0 Å². The minimum atomic E-state index is -0.657. The van der Waals surface area contributed by atoms with Gasteiger partial charge in [0.1, 0.15) is 6.04 Å². The van der Waals surface area contributed by atoms with Gasteiger partial charge in [-0.15, -0.1) is 12.4 Å². The number of hydrogen-bond donors (Lipinski definition) is 1. The molecule has 0 aliphatic rings. The van der Waals surface area contributed by atoms with Crippen molar-refractivity contribution in [3.8, 4) is 0 Å². The van der Waals surface area contributed by atoms with Crippen LogP contribution in [0.15, 0.2) is 18.2 Å². The predicted molar refractivity (Wildman–Crippen MR) is 67.1 cm³/mol. The Morgan fingerprint density at radius 1 is 1.56 bits per heavy atom. The highest BCUT2D eigenvalue weighted by Crippen LogP contribution is 2.18. The third kappa shape index (κ3) is 4.00. The fraction of sp³-hybridized carbons (Fsp3) is 0.364. The van der Waals surface area contributed by atoms with Gasteiger partial charge in [-0.1, -0.05) is 23.7 Å². The molecule has 5 heteroatoms. The van der Waals surface area contributed by atoms with Crippen molar-refractivity contribution in [2.24, 2.45) is 5.73 Å². The third-order valence-corrected chi connectivity index (χ3v) is 2.50. The van der Waals surface area contributed by atoms with Crippen molar-refractivity contribution in [1.29, 1.82) is 0 Å². The molecule has 0 amide bonds. The molecule has 0 heterocycles. The van der Waals surface area contributed by atoms with E-state index in [1.54, 1.807) is 0 Å². The summed E-state index contributed by atoms with van der Waals surface area (Å²) in [5.74, 6) is -0.424. The first-order valence-corrected chi connectivity index (χ1v) is 5.01. The van der Waals surface area contributed by atoms with Crippen LogP contribution in [0, 0.1) is 6.92 Å². The van der Waals surface area contributed by atoms with E-state index in [1.807, 2.05) is 25.1 Å². The molecule has 0 aliphatic carbocycles. The average molecular weight is 264 g/mol. The predicted octanol–water partition coefficient (Wildman–Crippen LogP) is 2.11. The van der Waals surface area contributed by atoms with E-state index in [9.17, 15) is 4.79 Å². The summed E-state index contributed by atoms with van der Waals surface area (Å²) in [6.07, 6.45) is 0.395. The zero-order valence-electron chi connectivity index (χ0n) is 9.20. The molecule has 0 saturated carbocycles. The summed E-state index contributed by atoms with van der Waals surface area (Å²) in [6.45, 7) is 1.95. The van der Waals surface area contributed by atoms with Crippen molar-refractivity contribution in [1.82, 2.24) is 0 Å². The Bertz CT molecular complexity index is 369. The summed E-state index contributed by atoms with van der Waals surface area (Å²) < 4.78 is 4.54. The molecule has 1 aromatic rings. The second-order valence-corrected chi connectivity index (χ2v) is 3.84. The van der Waals surface area contributed by atoms with Crippen LogP contribution >= 0.6 is 24.0 Å². The van der Waals surface area contributed by atoms with Crippen molar-refractivity contribution in [3.63, 3.8) is 0 Å². The Morgan fingerprint density at radius 3 is 2.69 bits per heavy atom. The van der Waals surface area contributed by atoms with Gasteiger partial charge in [-0.3, -0.25) is 4.79 Å². The average Bonchev–Trinajstić information content (AvgIpc) is 2.20. The van der Waals surface area contributed by atoms with Gasteiger partial charge in [-0.05, 0) is 30.5 Å². The Morgan fingerprint density at radius 2 is 2.19 bits per heavy atom. The maximum atomic E-state index is 11.1. The molecule has 0 unspecified atom stereocenters. The van der Waals surface area contributed by atoms with Crippen LogP contribution in [-0.2, 0) is 16.0 Å². The number of ether oxygens (including phenoxy) is 1. The molecule has 0 saturated heterocycles. The Kier molecular flexibility index (Phi) is 6.41. The Balaban J connectivity index is 0.00000225. The van der Waals surface area contributed by atoms with E-state index in [4.69, 9.17) is 17.3 Å². The fourth-order valence-corrected chi connectivity index (χ4v) is 1.60. The summed E-state index contributed by atoms with van der Waals surface area (Å²) in [5.41, 5.74) is 7.57. The molecule has 0 spiro atoms. The van der Waals surface area contributed by atoms with Crippen molar-refractivity contribution in [2.75, 3.05) is 7.11 Å². The first-order valence-electron chi connectivity index (χ1n) is 4.63. The maximum Gasteiger partial charge on any atom is 0.322 e. The molecule has 1 aromatic carbocycles. The summed E-state index contributed by atoms with van der Waals surface area (Å²) in [4.78, 5) is 11.1.